The van der Waals surface area contributed by atoms with E-state index in [1.807, 2.05) is 51.1 Å². The van der Waals surface area contributed by atoms with E-state index in [2.05, 4.69) is 15.7 Å². The molecule has 6 heteroatoms. The van der Waals surface area contributed by atoms with Gasteiger partial charge in [-0.2, -0.15) is 5.10 Å². The van der Waals surface area contributed by atoms with E-state index < -0.39 is 0 Å². The van der Waals surface area contributed by atoms with Gasteiger partial charge in [-0.15, -0.1) is 0 Å². The molecule has 2 N–H and O–H groups in total. The molecule has 144 valence electrons. The van der Waals surface area contributed by atoms with Crippen LogP contribution in [-0.2, 0) is 11.2 Å². The minimum absolute atomic E-state index is 0.154. The summed E-state index contributed by atoms with van der Waals surface area (Å²) in [4.78, 5) is 24.3. The van der Waals surface area contributed by atoms with Crippen LogP contribution in [0.15, 0.2) is 48.7 Å². The second-order valence-electron chi connectivity index (χ2n) is 6.72. The Labute approximate surface area is 164 Å². The number of hydrogen-bond donors (Lipinski definition) is 2. The number of aromatic nitrogens is 2. The summed E-state index contributed by atoms with van der Waals surface area (Å²) < 4.78 is 1.80. The van der Waals surface area contributed by atoms with E-state index in [1.54, 1.807) is 23.0 Å². The third-order valence-electron chi connectivity index (χ3n) is 4.62. The fraction of sp³-hybridized carbons (Fsp3) is 0.227. The van der Waals surface area contributed by atoms with Gasteiger partial charge in [0.05, 0.1) is 23.1 Å². The maximum absolute atomic E-state index is 12.9. The average Bonchev–Trinajstić information content (AvgIpc) is 3.09. The first kappa shape index (κ1) is 19.4. The summed E-state index contributed by atoms with van der Waals surface area (Å²) >= 11 is 0. The number of anilines is 2. The van der Waals surface area contributed by atoms with Gasteiger partial charge in [0, 0.05) is 18.3 Å². The van der Waals surface area contributed by atoms with Crippen molar-refractivity contribution >= 4 is 23.2 Å². The molecule has 2 aromatic carbocycles. The summed E-state index contributed by atoms with van der Waals surface area (Å²) in [7, 11) is 0. The Morgan fingerprint density at radius 1 is 1.00 bits per heavy atom. The van der Waals surface area contributed by atoms with Gasteiger partial charge in [0.25, 0.3) is 5.91 Å². The predicted octanol–water partition coefficient (Wildman–Crippen LogP) is 4.26. The molecule has 1 aromatic heterocycles. The Morgan fingerprint density at radius 3 is 2.25 bits per heavy atom. The van der Waals surface area contributed by atoms with Crippen molar-refractivity contribution in [3.63, 3.8) is 0 Å². The Hall–Kier alpha value is -3.41. The maximum atomic E-state index is 12.9. The van der Waals surface area contributed by atoms with Crippen molar-refractivity contribution in [2.24, 2.45) is 0 Å². The number of hydrogen-bond acceptors (Lipinski definition) is 3. The molecule has 0 radical (unpaired) electrons. The summed E-state index contributed by atoms with van der Waals surface area (Å²) in [6.45, 7) is 7.35. The van der Waals surface area contributed by atoms with Crippen LogP contribution in [0.5, 0.6) is 0 Å². The number of amides is 2. The first-order valence-electron chi connectivity index (χ1n) is 9.23. The number of nitrogens with one attached hydrogen (secondary N) is 2. The molecule has 0 aliphatic rings. The van der Waals surface area contributed by atoms with Gasteiger partial charge in [-0.3, -0.25) is 9.59 Å². The van der Waals surface area contributed by atoms with Crippen molar-refractivity contribution in [1.82, 2.24) is 9.78 Å². The number of carbonyl (C=O) groups is 2. The van der Waals surface area contributed by atoms with Crippen molar-refractivity contribution in [2.75, 3.05) is 10.6 Å². The zero-order valence-corrected chi connectivity index (χ0v) is 16.5. The molecule has 0 fully saturated rings. The highest BCUT2D eigenvalue weighted by Gasteiger charge is 2.18. The van der Waals surface area contributed by atoms with Gasteiger partial charge < -0.3 is 10.6 Å². The number of benzene rings is 2. The fourth-order valence-electron chi connectivity index (χ4n) is 3.10. The van der Waals surface area contributed by atoms with Crippen LogP contribution in [0.3, 0.4) is 0 Å². The van der Waals surface area contributed by atoms with Crippen molar-refractivity contribution in [2.45, 2.75) is 34.1 Å². The Bertz CT molecular complexity index is 1020. The van der Waals surface area contributed by atoms with Crippen LogP contribution in [0, 0.1) is 13.8 Å². The molecule has 0 atom stereocenters. The molecule has 2 amide bonds. The third-order valence-corrected chi connectivity index (χ3v) is 4.62. The van der Waals surface area contributed by atoms with Crippen molar-refractivity contribution in [3.8, 4) is 5.69 Å². The van der Waals surface area contributed by atoms with Crippen LogP contribution in [-0.4, -0.2) is 21.6 Å². The Kier molecular flexibility index (Phi) is 5.59. The smallest absolute Gasteiger partial charge is 0.259 e. The van der Waals surface area contributed by atoms with E-state index in [4.69, 9.17) is 0 Å². The van der Waals surface area contributed by atoms with Gasteiger partial charge in [0.15, 0.2) is 0 Å². The molecule has 0 aliphatic carbocycles. The molecular weight excluding hydrogens is 352 g/mol. The van der Waals surface area contributed by atoms with Gasteiger partial charge in [-0.05, 0) is 50.1 Å². The zero-order chi connectivity index (χ0) is 20.3. The molecule has 1 heterocycles. The number of rotatable bonds is 5. The minimum atomic E-state index is -0.224. The number of nitrogens with zero attached hydrogens (tertiary/aromatic N) is 2. The monoisotopic (exact) mass is 376 g/mol. The molecule has 0 bridgehead atoms. The van der Waals surface area contributed by atoms with E-state index >= 15 is 0 Å². The first-order chi connectivity index (χ1) is 13.4. The van der Waals surface area contributed by atoms with Gasteiger partial charge >= 0.3 is 0 Å². The highest BCUT2D eigenvalue weighted by atomic mass is 16.2. The maximum Gasteiger partial charge on any atom is 0.259 e. The van der Waals surface area contributed by atoms with Crippen molar-refractivity contribution < 1.29 is 9.59 Å². The van der Waals surface area contributed by atoms with E-state index in [1.165, 1.54) is 12.5 Å². The van der Waals surface area contributed by atoms with E-state index in [9.17, 15) is 9.59 Å². The van der Waals surface area contributed by atoms with Gasteiger partial charge in [-0.1, -0.05) is 30.7 Å². The Balaban J connectivity index is 1.90. The third kappa shape index (κ3) is 3.96. The average molecular weight is 376 g/mol. The molecule has 3 aromatic rings. The molecule has 28 heavy (non-hydrogen) atoms. The second kappa shape index (κ2) is 8.08. The lowest BCUT2D eigenvalue weighted by molar-refractivity contribution is -0.114. The highest BCUT2D eigenvalue weighted by Crippen LogP contribution is 2.25. The van der Waals surface area contributed by atoms with Crippen LogP contribution in [0.25, 0.3) is 5.69 Å². The molecule has 6 nitrogen and oxygen atoms in total. The number of aryl methyl sites for hydroxylation is 1. The SMILES string of the molecule is CCc1c(C(=O)Nc2cccc(NC(C)=O)c2C)cnn1-c1ccc(C)cc1. The summed E-state index contributed by atoms with van der Waals surface area (Å²) in [5, 5.41) is 10.1. The van der Waals surface area contributed by atoms with Crippen LogP contribution in [0.4, 0.5) is 11.4 Å². The molecule has 0 saturated heterocycles. The number of carbonyl (C=O) groups excluding carboxylic acids is 2. The fourth-order valence-corrected chi connectivity index (χ4v) is 3.10. The first-order valence-corrected chi connectivity index (χ1v) is 9.23. The lowest BCUT2D eigenvalue weighted by Crippen LogP contribution is -2.16. The van der Waals surface area contributed by atoms with Crippen LogP contribution in [0.2, 0.25) is 0 Å². The molecule has 0 aliphatic heterocycles. The molecule has 0 saturated carbocycles. The molecule has 3 rings (SSSR count). The van der Waals surface area contributed by atoms with Crippen molar-refractivity contribution in [1.29, 1.82) is 0 Å². The second-order valence-corrected chi connectivity index (χ2v) is 6.72. The minimum Gasteiger partial charge on any atom is -0.326 e. The lowest BCUT2D eigenvalue weighted by Gasteiger charge is -2.13. The molecule has 0 unspecified atom stereocenters. The highest BCUT2D eigenvalue weighted by molar-refractivity contribution is 6.06. The van der Waals surface area contributed by atoms with Crippen LogP contribution >= 0.6 is 0 Å². The van der Waals surface area contributed by atoms with E-state index in [-0.39, 0.29) is 11.8 Å². The standard InChI is InChI=1S/C22H24N4O2/c1-5-21-18(13-23-26(21)17-11-9-14(2)10-12-17)22(28)25-20-8-6-7-19(15(20)3)24-16(4)27/h6-13H,5H2,1-4H3,(H,24,27)(H,25,28). The summed E-state index contributed by atoms with van der Waals surface area (Å²) in [5.74, 6) is -0.377. The molecule has 0 spiro atoms. The van der Waals surface area contributed by atoms with Crippen molar-refractivity contribution in [3.05, 3.63) is 71.0 Å². The largest absolute Gasteiger partial charge is 0.326 e. The summed E-state index contributed by atoms with van der Waals surface area (Å²) in [5.41, 5.74) is 5.60. The summed E-state index contributed by atoms with van der Waals surface area (Å²) in [6.07, 6.45) is 2.27. The van der Waals surface area contributed by atoms with Gasteiger partial charge in [0.2, 0.25) is 5.91 Å². The van der Waals surface area contributed by atoms with Crippen LogP contribution < -0.4 is 10.6 Å². The van der Waals surface area contributed by atoms with Gasteiger partial charge in [0.1, 0.15) is 0 Å². The van der Waals surface area contributed by atoms with Crippen LogP contribution in [0.1, 0.15) is 41.0 Å². The predicted molar refractivity (Wildman–Crippen MR) is 111 cm³/mol. The zero-order valence-electron chi connectivity index (χ0n) is 16.5. The normalized spacial score (nSPS) is 10.6. The lowest BCUT2D eigenvalue weighted by atomic mass is 10.1. The van der Waals surface area contributed by atoms with E-state index in [0.29, 0.717) is 23.4 Å². The van der Waals surface area contributed by atoms with E-state index in [0.717, 1.165) is 16.9 Å². The van der Waals surface area contributed by atoms with Gasteiger partial charge in [-0.25, -0.2) is 4.68 Å². The Morgan fingerprint density at radius 2 is 1.64 bits per heavy atom. The quantitative estimate of drug-likeness (QED) is 0.698. The summed E-state index contributed by atoms with van der Waals surface area (Å²) in [6, 6.07) is 13.4. The molecular formula is C22H24N4O2. The topological polar surface area (TPSA) is 76.0 Å².